The maximum absolute atomic E-state index is 12.9. The third-order valence-electron chi connectivity index (χ3n) is 4.03. The quantitative estimate of drug-likeness (QED) is 0.771. The molecule has 3 rings (SSSR count). The van der Waals surface area contributed by atoms with Crippen molar-refractivity contribution in [2.24, 2.45) is 5.73 Å². The SMILES string of the molecule is NC1CNNC1C(=O)N(Cc1ccccc1)Cc1ccccc1. The third-order valence-corrected chi connectivity index (χ3v) is 4.03. The van der Waals surface area contributed by atoms with E-state index >= 15 is 0 Å². The molecule has 4 N–H and O–H groups in total. The van der Waals surface area contributed by atoms with E-state index in [1.807, 2.05) is 65.6 Å². The van der Waals surface area contributed by atoms with Crippen molar-refractivity contribution in [3.05, 3.63) is 71.8 Å². The number of nitrogens with zero attached hydrogens (tertiary/aromatic N) is 1. The van der Waals surface area contributed by atoms with Gasteiger partial charge in [0, 0.05) is 25.7 Å². The molecule has 1 heterocycles. The summed E-state index contributed by atoms with van der Waals surface area (Å²) in [4.78, 5) is 14.8. The van der Waals surface area contributed by atoms with Gasteiger partial charge in [-0.25, -0.2) is 5.43 Å². The van der Waals surface area contributed by atoms with Crippen LogP contribution in [-0.4, -0.2) is 29.4 Å². The van der Waals surface area contributed by atoms with Crippen molar-refractivity contribution in [1.82, 2.24) is 15.8 Å². The van der Waals surface area contributed by atoms with Gasteiger partial charge in [0.1, 0.15) is 6.04 Å². The van der Waals surface area contributed by atoms with Crippen LogP contribution < -0.4 is 16.6 Å². The minimum Gasteiger partial charge on any atom is -0.333 e. The zero-order valence-electron chi connectivity index (χ0n) is 13.0. The molecule has 0 bridgehead atoms. The van der Waals surface area contributed by atoms with Crippen LogP contribution in [0.5, 0.6) is 0 Å². The molecule has 5 nitrogen and oxygen atoms in total. The van der Waals surface area contributed by atoms with Gasteiger partial charge >= 0.3 is 0 Å². The number of benzene rings is 2. The first-order valence-electron chi connectivity index (χ1n) is 7.84. The maximum atomic E-state index is 12.9. The molecule has 1 aliphatic heterocycles. The number of hydrogen-bond acceptors (Lipinski definition) is 4. The number of nitrogens with two attached hydrogens (primary N) is 1. The van der Waals surface area contributed by atoms with E-state index in [0.29, 0.717) is 19.6 Å². The molecule has 1 saturated heterocycles. The van der Waals surface area contributed by atoms with E-state index in [1.165, 1.54) is 0 Å². The Hall–Kier alpha value is -2.21. The monoisotopic (exact) mass is 310 g/mol. The van der Waals surface area contributed by atoms with E-state index < -0.39 is 0 Å². The van der Waals surface area contributed by atoms with Crippen LogP contribution >= 0.6 is 0 Å². The molecule has 23 heavy (non-hydrogen) atoms. The number of nitrogens with one attached hydrogen (secondary N) is 2. The molecule has 2 atom stereocenters. The van der Waals surface area contributed by atoms with Crippen LogP contribution in [0.1, 0.15) is 11.1 Å². The van der Waals surface area contributed by atoms with E-state index in [-0.39, 0.29) is 18.0 Å². The predicted molar refractivity (Wildman–Crippen MR) is 90.0 cm³/mol. The lowest BCUT2D eigenvalue weighted by Crippen LogP contribution is -2.51. The summed E-state index contributed by atoms with van der Waals surface area (Å²) in [5.41, 5.74) is 14.2. The normalized spacial score (nSPS) is 20.4. The Morgan fingerprint density at radius 3 is 1.96 bits per heavy atom. The summed E-state index contributed by atoms with van der Waals surface area (Å²) in [5.74, 6) is 0.0233. The number of hydrogen-bond donors (Lipinski definition) is 3. The van der Waals surface area contributed by atoms with Gasteiger partial charge in [-0.2, -0.15) is 0 Å². The summed E-state index contributed by atoms with van der Waals surface area (Å²) in [6.45, 7) is 1.74. The van der Waals surface area contributed by atoms with E-state index in [0.717, 1.165) is 11.1 Å². The molecule has 0 aromatic heterocycles. The lowest BCUT2D eigenvalue weighted by molar-refractivity contribution is -0.134. The van der Waals surface area contributed by atoms with E-state index in [2.05, 4.69) is 10.9 Å². The Labute approximate surface area is 136 Å². The minimum absolute atomic E-state index is 0.0233. The first-order valence-corrected chi connectivity index (χ1v) is 7.84. The van der Waals surface area contributed by atoms with Gasteiger partial charge in [0.05, 0.1) is 0 Å². The fraction of sp³-hybridized carbons (Fsp3) is 0.278. The highest BCUT2D eigenvalue weighted by Gasteiger charge is 2.33. The molecule has 2 unspecified atom stereocenters. The fourth-order valence-corrected chi connectivity index (χ4v) is 2.77. The van der Waals surface area contributed by atoms with Crippen molar-refractivity contribution < 1.29 is 4.79 Å². The molecule has 5 heteroatoms. The number of carbonyl (C=O) groups excluding carboxylic acids is 1. The Balaban J connectivity index is 1.79. The molecule has 0 saturated carbocycles. The highest BCUT2D eigenvalue weighted by Crippen LogP contribution is 2.13. The molecule has 2 aromatic carbocycles. The second-order valence-electron chi connectivity index (χ2n) is 5.83. The molecule has 0 spiro atoms. The molecule has 1 fully saturated rings. The van der Waals surface area contributed by atoms with Crippen LogP contribution in [0.3, 0.4) is 0 Å². The van der Waals surface area contributed by atoms with Gasteiger partial charge < -0.3 is 10.6 Å². The third kappa shape index (κ3) is 3.96. The van der Waals surface area contributed by atoms with Crippen LogP contribution in [-0.2, 0) is 17.9 Å². The summed E-state index contributed by atoms with van der Waals surface area (Å²) in [6.07, 6.45) is 0. The van der Waals surface area contributed by atoms with Gasteiger partial charge in [-0.15, -0.1) is 0 Å². The maximum Gasteiger partial charge on any atom is 0.243 e. The summed E-state index contributed by atoms with van der Waals surface area (Å²) in [7, 11) is 0. The van der Waals surface area contributed by atoms with Crippen LogP contribution in [0.15, 0.2) is 60.7 Å². The molecule has 2 aromatic rings. The standard InChI is InChI=1S/C18H22N4O/c19-16-11-20-21-17(16)18(23)22(12-14-7-3-1-4-8-14)13-15-9-5-2-6-10-15/h1-10,16-17,20-21H,11-13,19H2. The van der Waals surface area contributed by atoms with Gasteiger partial charge in [-0.05, 0) is 11.1 Å². The minimum atomic E-state index is -0.387. The van der Waals surface area contributed by atoms with Crippen molar-refractivity contribution in [2.45, 2.75) is 25.2 Å². The van der Waals surface area contributed by atoms with Crippen molar-refractivity contribution in [3.63, 3.8) is 0 Å². The van der Waals surface area contributed by atoms with Crippen LogP contribution in [0, 0.1) is 0 Å². The molecule has 1 amide bonds. The van der Waals surface area contributed by atoms with Crippen LogP contribution in [0.2, 0.25) is 0 Å². The second kappa shape index (κ2) is 7.37. The van der Waals surface area contributed by atoms with Crippen LogP contribution in [0.4, 0.5) is 0 Å². The number of rotatable bonds is 5. The number of amides is 1. The second-order valence-corrected chi connectivity index (χ2v) is 5.83. The summed E-state index contributed by atoms with van der Waals surface area (Å²) in [6, 6.07) is 19.4. The predicted octanol–water partition coefficient (Wildman–Crippen LogP) is 1.02. The molecular formula is C18H22N4O. The number of hydrazine groups is 1. The molecule has 0 aliphatic carbocycles. The zero-order chi connectivity index (χ0) is 16.1. The lowest BCUT2D eigenvalue weighted by atomic mass is 10.1. The average Bonchev–Trinajstić information content (AvgIpc) is 3.01. The number of carbonyl (C=O) groups is 1. The lowest BCUT2D eigenvalue weighted by Gasteiger charge is -2.27. The highest BCUT2D eigenvalue weighted by atomic mass is 16.2. The first kappa shape index (κ1) is 15.7. The topological polar surface area (TPSA) is 70.4 Å². The van der Waals surface area contributed by atoms with Crippen LogP contribution in [0.25, 0.3) is 0 Å². The van der Waals surface area contributed by atoms with Gasteiger partial charge in [0.2, 0.25) is 5.91 Å². The molecule has 1 aliphatic rings. The smallest absolute Gasteiger partial charge is 0.243 e. The Kier molecular flexibility index (Phi) is 5.02. The summed E-state index contributed by atoms with van der Waals surface area (Å²) in [5, 5.41) is 0. The zero-order valence-corrected chi connectivity index (χ0v) is 13.0. The van der Waals surface area contributed by atoms with Gasteiger partial charge in [-0.1, -0.05) is 60.7 Å². The van der Waals surface area contributed by atoms with Crippen molar-refractivity contribution >= 4 is 5.91 Å². The van der Waals surface area contributed by atoms with Gasteiger partial charge in [0.15, 0.2) is 0 Å². The van der Waals surface area contributed by atoms with E-state index in [9.17, 15) is 4.79 Å². The molecule has 0 radical (unpaired) electrons. The van der Waals surface area contributed by atoms with Crippen molar-refractivity contribution in [1.29, 1.82) is 0 Å². The Morgan fingerprint density at radius 1 is 1.00 bits per heavy atom. The van der Waals surface area contributed by atoms with Crippen molar-refractivity contribution in [3.8, 4) is 0 Å². The Bertz CT molecular complexity index is 590. The molecule has 120 valence electrons. The summed E-state index contributed by atoms with van der Waals surface area (Å²) < 4.78 is 0. The van der Waals surface area contributed by atoms with E-state index in [4.69, 9.17) is 5.73 Å². The van der Waals surface area contributed by atoms with E-state index in [1.54, 1.807) is 0 Å². The highest BCUT2D eigenvalue weighted by molar-refractivity contribution is 5.83. The van der Waals surface area contributed by atoms with Crippen molar-refractivity contribution in [2.75, 3.05) is 6.54 Å². The van der Waals surface area contributed by atoms with Gasteiger partial charge in [0.25, 0.3) is 0 Å². The summed E-state index contributed by atoms with van der Waals surface area (Å²) >= 11 is 0. The Morgan fingerprint density at radius 2 is 1.52 bits per heavy atom. The molecular weight excluding hydrogens is 288 g/mol. The largest absolute Gasteiger partial charge is 0.333 e. The fourth-order valence-electron chi connectivity index (χ4n) is 2.77. The average molecular weight is 310 g/mol. The first-order chi connectivity index (χ1) is 11.2. The van der Waals surface area contributed by atoms with Gasteiger partial charge in [-0.3, -0.25) is 10.2 Å².